The van der Waals surface area contributed by atoms with Gasteiger partial charge in [-0.05, 0) is 31.9 Å². The highest BCUT2D eigenvalue weighted by molar-refractivity contribution is 5.74. The minimum Gasteiger partial charge on any atom is -0.466 e. The molecule has 19 heavy (non-hydrogen) atoms. The molecule has 0 aromatic carbocycles. The van der Waals surface area contributed by atoms with E-state index >= 15 is 0 Å². The molecule has 106 valence electrons. The molecule has 2 heterocycles. The highest BCUT2D eigenvalue weighted by atomic mass is 16.5. The molecule has 1 aromatic heterocycles. The number of furan rings is 1. The van der Waals surface area contributed by atoms with Crippen LogP contribution in [0.1, 0.15) is 25.5 Å². The van der Waals surface area contributed by atoms with Crippen molar-refractivity contribution in [1.82, 2.24) is 10.6 Å². The number of hydrogen-bond acceptors (Lipinski definition) is 4. The summed E-state index contributed by atoms with van der Waals surface area (Å²) in [6.45, 7) is 3.04. The van der Waals surface area contributed by atoms with E-state index in [1.807, 2.05) is 0 Å². The fourth-order valence-electron chi connectivity index (χ4n) is 2.00. The van der Waals surface area contributed by atoms with Crippen LogP contribution in [0.2, 0.25) is 0 Å². The van der Waals surface area contributed by atoms with Crippen molar-refractivity contribution in [3.05, 3.63) is 24.2 Å². The third kappa shape index (κ3) is 3.97. The lowest BCUT2D eigenvalue weighted by Crippen LogP contribution is -2.48. The summed E-state index contributed by atoms with van der Waals surface area (Å²) in [4.78, 5) is 11.7. The Morgan fingerprint density at radius 2 is 2.26 bits per heavy atom. The predicted molar refractivity (Wildman–Crippen MR) is 68.7 cm³/mol. The van der Waals surface area contributed by atoms with Crippen LogP contribution >= 0.6 is 0 Å². The first kappa shape index (κ1) is 13.9. The monoisotopic (exact) mass is 268 g/mol. The molecule has 1 aliphatic rings. The maximum absolute atomic E-state index is 11.7. The Morgan fingerprint density at radius 3 is 2.89 bits per heavy atom. The van der Waals surface area contributed by atoms with Crippen molar-refractivity contribution in [1.29, 1.82) is 0 Å². The van der Waals surface area contributed by atoms with Crippen molar-refractivity contribution in [3.8, 4) is 0 Å². The van der Waals surface area contributed by atoms with E-state index in [4.69, 9.17) is 9.15 Å². The normalized spacial score (nSPS) is 19.7. The fraction of sp³-hybridized carbons (Fsp3) is 0.615. The summed E-state index contributed by atoms with van der Waals surface area (Å²) < 4.78 is 10.4. The molecule has 0 bridgehead atoms. The second kappa shape index (κ2) is 6.08. The quantitative estimate of drug-likeness (QED) is 0.759. The number of urea groups is 1. The molecular formula is C13H20N2O4. The Morgan fingerprint density at radius 1 is 1.53 bits per heavy atom. The van der Waals surface area contributed by atoms with Crippen LogP contribution < -0.4 is 10.6 Å². The number of rotatable bonds is 4. The van der Waals surface area contributed by atoms with Gasteiger partial charge in [0.2, 0.25) is 0 Å². The molecule has 0 spiro atoms. The molecule has 1 aliphatic heterocycles. The van der Waals surface area contributed by atoms with E-state index in [0.29, 0.717) is 19.0 Å². The smallest absolute Gasteiger partial charge is 0.315 e. The van der Waals surface area contributed by atoms with Gasteiger partial charge in [0.25, 0.3) is 0 Å². The SMILES string of the molecule is C[C@](O)(CNC(=O)NC1CCOCC1)c1ccco1. The molecule has 2 rings (SSSR count). The second-order valence-corrected chi connectivity index (χ2v) is 4.96. The highest BCUT2D eigenvalue weighted by Gasteiger charge is 2.27. The van der Waals surface area contributed by atoms with E-state index < -0.39 is 5.60 Å². The van der Waals surface area contributed by atoms with Gasteiger partial charge in [-0.15, -0.1) is 0 Å². The molecule has 0 radical (unpaired) electrons. The minimum absolute atomic E-state index is 0.0928. The average molecular weight is 268 g/mol. The van der Waals surface area contributed by atoms with E-state index in [1.54, 1.807) is 19.1 Å². The highest BCUT2D eigenvalue weighted by Crippen LogP contribution is 2.19. The molecule has 1 saturated heterocycles. The zero-order valence-corrected chi connectivity index (χ0v) is 11.0. The number of carbonyl (C=O) groups is 1. The molecule has 1 aromatic rings. The van der Waals surface area contributed by atoms with Gasteiger partial charge in [-0.1, -0.05) is 0 Å². The summed E-state index contributed by atoms with van der Waals surface area (Å²) in [5, 5.41) is 15.7. The van der Waals surface area contributed by atoms with Gasteiger partial charge in [-0.3, -0.25) is 0 Å². The molecule has 1 atom stereocenters. The van der Waals surface area contributed by atoms with Gasteiger partial charge in [-0.25, -0.2) is 4.79 Å². The molecule has 3 N–H and O–H groups in total. The Balaban J connectivity index is 1.76. The first-order valence-corrected chi connectivity index (χ1v) is 6.46. The fourth-order valence-corrected chi connectivity index (χ4v) is 2.00. The molecule has 2 amide bonds. The van der Waals surface area contributed by atoms with E-state index in [-0.39, 0.29) is 18.6 Å². The first-order valence-electron chi connectivity index (χ1n) is 6.46. The van der Waals surface area contributed by atoms with E-state index in [2.05, 4.69) is 10.6 Å². The van der Waals surface area contributed by atoms with Crippen LogP contribution in [0.3, 0.4) is 0 Å². The van der Waals surface area contributed by atoms with Crippen LogP contribution in [-0.4, -0.2) is 36.9 Å². The van der Waals surface area contributed by atoms with Gasteiger partial charge in [0.1, 0.15) is 11.4 Å². The number of aliphatic hydroxyl groups is 1. The standard InChI is InChI=1S/C13H20N2O4/c1-13(17,11-3-2-6-19-11)9-14-12(16)15-10-4-7-18-8-5-10/h2-3,6,10,17H,4-5,7-9H2,1H3,(H2,14,15,16)/t13-/m0/s1. The number of nitrogens with one attached hydrogen (secondary N) is 2. The molecule has 0 aliphatic carbocycles. The van der Waals surface area contributed by atoms with Crippen molar-refractivity contribution in [2.45, 2.75) is 31.4 Å². The van der Waals surface area contributed by atoms with Crippen LogP contribution in [0.4, 0.5) is 4.79 Å². The summed E-state index contributed by atoms with van der Waals surface area (Å²) in [7, 11) is 0. The Hall–Kier alpha value is -1.53. The zero-order valence-electron chi connectivity index (χ0n) is 11.0. The molecule has 6 heteroatoms. The molecule has 6 nitrogen and oxygen atoms in total. The third-order valence-electron chi connectivity index (χ3n) is 3.20. The predicted octanol–water partition coefficient (Wildman–Crippen LogP) is 0.965. The van der Waals surface area contributed by atoms with Crippen LogP contribution in [0.15, 0.2) is 22.8 Å². The molecule has 1 fully saturated rings. The summed E-state index contributed by atoms with van der Waals surface area (Å²) in [6, 6.07) is 3.24. The van der Waals surface area contributed by atoms with Gasteiger partial charge >= 0.3 is 6.03 Å². The van der Waals surface area contributed by atoms with Gasteiger partial charge < -0.3 is 24.9 Å². The zero-order chi connectivity index (χ0) is 13.7. The number of ether oxygens (including phenoxy) is 1. The lowest BCUT2D eigenvalue weighted by atomic mass is 10.0. The van der Waals surface area contributed by atoms with Crippen molar-refractivity contribution in [2.75, 3.05) is 19.8 Å². The first-order chi connectivity index (χ1) is 9.08. The van der Waals surface area contributed by atoms with Crippen molar-refractivity contribution in [3.63, 3.8) is 0 Å². The molecule has 0 saturated carbocycles. The van der Waals surface area contributed by atoms with Crippen LogP contribution in [0, 0.1) is 0 Å². The van der Waals surface area contributed by atoms with Gasteiger partial charge in [0.05, 0.1) is 12.8 Å². The number of amides is 2. The summed E-state index contributed by atoms with van der Waals surface area (Å²) in [5.41, 5.74) is -1.21. The molecular weight excluding hydrogens is 248 g/mol. The van der Waals surface area contributed by atoms with Crippen molar-refractivity contribution < 1.29 is 19.1 Å². The maximum Gasteiger partial charge on any atom is 0.315 e. The van der Waals surface area contributed by atoms with Crippen LogP contribution in [0.25, 0.3) is 0 Å². The van der Waals surface area contributed by atoms with E-state index in [9.17, 15) is 9.90 Å². The number of hydrogen-bond donors (Lipinski definition) is 3. The van der Waals surface area contributed by atoms with Crippen molar-refractivity contribution >= 4 is 6.03 Å². The number of carbonyl (C=O) groups excluding carboxylic acids is 1. The van der Waals surface area contributed by atoms with Gasteiger partial charge in [0.15, 0.2) is 0 Å². The minimum atomic E-state index is -1.21. The van der Waals surface area contributed by atoms with Gasteiger partial charge in [0, 0.05) is 19.3 Å². The van der Waals surface area contributed by atoms with E-state index in [1.165, 1.54) is 6.26 Å². The lowest BCUT2D eigenvalue weighted by Gasteiger charge is -2.25. The summed E-state index contributed by atoms with van der Waals surface area (Å²) >= 11 is 0. The molecule has 0 unspecified atom stereocenters. The van der Waals surface area contributed by atoms with E-state index in [0.717, 1.165) is 12.8 Å². The summed E-state index contributed by atoms with van der Waals surface area (Å²) in [5.74, 6) is 0.430. The van der Waals surface area contributed by atoms with Crippen LogP contribution in [-0.2, 0) is 10.3 Å². The maximum atomic E-state index is 11.7. The topological polar surface area (TPSA) is 83.7 Å². The Labute approximate surface area is 112 Å². The second-order valence-electron chi connectivity index (χ2n) is 4.96. The lowest BCUT2D eigenvalue weighted by molar-refractivity contribution is 0.0361. The largest absolute Gasteiger partial charge is 0.466 e. The van der Waals surface area contributed by atoms with Crippen LogP contribution in [0.5, 0.6) is 0 Å². The summed E-state index contributed by atoms with van der Waals surface area (Å²) in [6.07, 6.45) is 3.13. The Kier molecular flexibility index (Phi) is 4.44. The average Bonchev–Trinajstić information content (AvgIpc) is 2.92. The third-order valence-corrected chi connectivity index (χ3v) is 3.20. The van der Waals surface area contributed by atoms with Crippen molar-refractivity contribution in [2.24, 2.45) is 0 Å². The Bertz CT molecular complexity index is 397. The van der Waals surface area contributed by atoms with Gasteiger partial charge in [-0.2, -0.15) is 0 Å².